The minimum absolute atomic E-state index is 0.0768. The minimum atomic E-state index is -0.300. The van der Waals surface area contributed by atoms with Crippen molar-refractivity contribution in [3.63, 3.8) is 0 Å². The molecule has 5 heteroatoms. The third-order valence-corrected chi connectivity index (χ3v) is 6.84. The number of para-hydroxylation sites is 2. The molecule has 154 valence electrons. The molecular weight excluding hydrogens is 371 g/mol. The molecule has 4 nitrogen and oxygen atoms in total. The van der Waals surface area contributed by atoms with Crippen molar-refractivity contribution in [1.29, 1.82) is 0 Å². The molecule has 0 amide bonds. The number of fused-ring (bicyclic) bond motifs is 1. The van der Waals surface area contributed by atoms with Crippen molar-refractivity contribution in [2.45, 2.75) is 57.3 Å². The van der Waals surface area contributed by atoms with Gasteiger partial charge in [0.05, 0.1) is 22.6 Å². The highest BCUT2D eigenvalue weighted by Crippen LogP contribution is 2.46. The topological polar surface area (TPSA) is 33.7 Å². The van der Waals surface area contributed by atoms with E-state index in [1.54, 1.807) is 0 Å². The fourth-order valence-corrected chi connectivity index (χ4v) is 4.38. The van der Waals surface area contributed by atoms with Gasteiger partial charge in [-0.25, -0.2) is 0 Å². The summed E-state index contributed by atoms with van der Waals surface area (Å²) >= 11 is 0. The number of hydrogen-bond acceptors (Lipinski definition) is 4. The summed E-state index contributed by atoms with van der Waals surface area (Å²) in [6, 6.07) is 19.1. The van der Waals surface area contributed by atoms with Gasteiger partial charge in [0.1, 0.15) is 6.17 Å². The van der Waals surface area contributed by atoms with Crippen LogP contribution in [-0.2, 0) is 9.31 Å². The fraction of sp³-hybridized carbons (Fsp3) is 0.360. The van der Waals surface area contributed by atoms with E-state index in [9.17, 15) is 0 Å². The lowest BCUT2D eigenvalue weighted by atomic mass is 9.68. The summed E-state index contributed by atoms with van der Waals surface area (Å²) < 4.78 is 12.6. The van der Waals surface area contributed by atoms with Crippen LogP contribution in [0.5, 0.6) is 0 Å². The Balaban J connectivity index is 1.41. The molecule has 2 heterocycles. The van der Waals surface area contributed by atoms with Crippen molar-refractivity contribution in [2.75, 3.05) is 10.2 Å². The van der Waals surface area contributed by atoms with Crippen molar-refractivity contribution in [3.05, 3.63) is 84.1 Å². The molecule has 2 atom stereocenters. The number of anilines is 2. The van der Waals surface area contributed by atoms with Gasteiger partial charge < -0.3 is 19.5 Å². The predicted molar refractivity (Wildman–Crippen MR) is 123 cm³/mol. The number of rotatable bonds is 3. The lowest BCUT2D eigenvalue weighted by molar-refractivity contribution is 0.00578. The SMILES string of the molecule is CC1(C)OB(C2C=CC(N3c4ccccc4NC3c3ccccc3)=CC2)OC1(C)C. The molecule has 0 saturated carbocycles. The molecule has 3 aliphatic rings. The second kappa shape index (κ2) is 7.04. The number of hydrogen-bond donors (Lipinski definition) is 1. The molecule has 0 spiro atoms. The summed E-state index contributed by atoms with van der Waals surface area (Å²) in [4.78, 5) is 2.39. The zero-order chi connectivity index (χ0) is 20.9. The van der Waals surface area contributed by atoms with Crippen molar-refractivity contribution >= 4 is 18.5 Å². The van der Waals surface area contributed by atoms with E-state index in [2.05, 4.69) is 111 Å². The summed E-state index contributed by atoms with van der Waals surface area (Å²) in [6.07, 6.45) is 7.75. The fourth-order valence-electron chi connectivity index (χ4n) is 4.38. The molecule has 2 aromatic rings. The molecule has 0 bridgehead atoms. The molecule has 2 aromatic carbocycles. The molecule has 0 radical (unpaired) electrons. The first-order valence-corrected chi connectivity index (χ1v) is 10.8. The first-order valence-electron chi connectivity index (χ1n) is 10.8. The third-order valence-electron chi connectivity index (χ3n) is 6.84. The molecule has 2 aliphatic heterocycles. The highest BCUT2D eigenvalue weighted by atomic mass is 16.7. The zero-order valence-electron chi connectivity index (χ0n) is 18.1. The first-order chi connectivity index (χ1) is 14.4. The molecule has 1 N–H and O–H groups in total. The normalized spacial score (nSPS) is 26.3. The monoisotopic (exact) mass is 400 g/mol. The van der Waals surface area contributed by atoms with E-state index < -0.39 is 0 Å². The van der Waals surface area contributed by atoms with Gasteiger partial charge in [0.15, 0.2) is 0 Å². The maximum absolute atomic E-state index is 6.28. The van der Waals surface area contributed by atoms with Crippen LogP contribution in [0.4, 0.5) is 11.4 Å². The van der Waals surface area contributed by atoms with Gasteiger partial charge in [-0.05, 0) is 57.9 Å². The zero-order valence-corrected chi connectivity index (χ0v) is 18.1. The van der Waals surface area contributed by atoms with Crippen molar-refractivity contribution in [3.8, 4) is 0 Å². The van der Waals surface area contributed by atoms with Crippen LogP contribution in [0.25, 0.3) is 0 Å². The summed E-state index contributed by atoms with van der Waals surface area (Å²) in [5.41, 5.74) is 4.22. The van der Waals surface area contributed by atoms with Crippen molar-refractivity contribution in [2.24, 2.45) is 0 Å². The molecule has 0 aromatic heterocycles. The number of nitrogens with zero attached hydrogens (tertiary/aromatic N) is 1. The van der Waals surface area contributed by atoms with Crippen LogP contribution >= 0.6 is 0 Å². The van der Waals surface area contributed by atoms with Crippen LogP contribution in [0.3, 0.4) is 0 Å². The molecule has 30 heavy (non-hydrogen) atoms. The Kier molecular flexibility index (Phi) is 4.57. The standard InChI is InChI=1S/C25H29BN2O2/c1-24(2)25(3,4)30-26(29-24)19-14-16-20(17-15-19)28-22-13-9-8-12-21(22)27-23(28)18-10-6-5-7-11-18/h5-14,16-17,19,23,27H,15H2,1-4H3. The molecule has 2 unspecified atom stereocenters. The van der Waals surface area contributed by atoms with E-state index in [0.717, 1.165) is 12.1 Å². The smallest absolute Gasteiger partial charge is 0.403 e. The van der Waals surface area contributed by atoms with Gasteiger partial charge in [0.2, 0.25) is 0 Å². The van der Waals surface area contributed by atoms with Gasteiger partial charge >= 0.3 is 7.12 Å². The lowest BCUT2D eigenvalue weighted by Crippen LogP contribution is -2.41. The maximum Gasteiger partial charge on any atom is 0.465 e. The van der Waals surface area contributed by atoms with Crippen LogP contribution in [0.1, 0.15) is 45.8 Å². The average molecular weight is 400 g/mol. The molecule has 1 aliphatic carbocycles. The lowest BCUT2D eigenvalue weighted by Gasteiger charge is -2.32. The van der Waals surface area contributed by atoms with E-state index in [-0.39, 0.29) is 30.3 Å². The predicted octanol–water partition coefficient (Wildman–Crippen LogP) is 5.92. The Bertz CT molecular complexity index is 983. The van der Waals surface area contributed by atoms with Gasteiger partial charge in [-0.1, -0.05) is 54.6 Å². The molecule has 5 rings (SSSR count). The van der Waals surface area contributed by atoms with Crippen LogP contribution < -0.4 is 10.2 Å². The van der Waals surface area contributed by atoms with Crippen LogP contribution in [-0.4, -0.2) is 18.3 Å². The Hall–Kier alpha value is -2.50. The Morgan fingerprint density at radius 1 is 0.933 bits per heavy atom. The van der Waals surface area contributed by atoms with Crippen LogP contribution in [0.15, 0.2) is 78.5 Å². The Labute approximate surface area is 179 Å². The Morgan fingerprint density at radius 3 is 2.27 bits per heavy atom. The van der Waals surface area contributed by atoms with Gasteiger partial charge in [-0.2, -0.15) is 0 Å². The van der Waals surface area contributed by atoms with Crippen molar-refractivity contribution < 1.29 is 9.31 Å². The maximum atomic E-state index is 6.28. The van der Waals surface area contributed by atoms with Crippen LogP contribution in [0, 0.1) is 0 Å². The minimum Gasteiger partial charge on any atom is -0.403 e. The van der Waals surface area contributed by atoms with E-state index in [0.29, 0.717) is 0 Å². The van der Waals surface area contributed by atoms with Gasteiger partial charge in [0, 0.05) is 11.5 Å². The summed E-state index contributed by atoms with van der Waals surface area (Å²) in [6.45, 7) is 8.44. The average Bonchev–Trinajstić information content (AvgIpc) is 3.23. The van der Waals surface area contributed by atoms with E-state index in [1.165, 1.54) is 16.9 Å². The number of benzene rings is 2. The second-order valence-corrected chi connectivity index (χ2v) is 9.36. The van der Waals surface area contributed by atoms with E-state index >= 15 is 0 Å². The molecular formula is C25H29BN2O2. The highest BCUT2D eigenvalue weighted by Gasteiger charge is 2.53. The number of allylic oxidation sites excluding steroid dienone is 3. The molecule has 1 fully saturated rings. The first kappa shape index (κ1) is 19.5. The van der Waals surface area contributed by atoms with Crippen LogP contribution in [0.2, 0.25) is 5.82 Å². The number of nitrogens with one attached hydrogen (secondary N) is 1. The summed E-state index contributed by atoms with van der Waals surface area (Å²) in [5, 5.41) is 3.69. The second-order valence-electron chi connectivity index (χ2n) is 9.36. The van der Waals surface area contributed by atoms with Gasteiger partial charge in [-0.15, -0.1) is 0 Å². The van der Waals surface area contributed by atoms with E-state index in [4.69, 9.17) is 9.31 Å². The third kappa shape index (κ3) is 3.17. The largest absolute Gasteiger partial charge is 0.465 e. The highest BCUT2D eigenvalue weighted by molar-refractivity contribution is 6.48. The Morgan fingerprint density at radius 2 is 1.60 bits per heavy atom. The quantitative estimate of drug-likeness (QED) is 0.648. The van der Waals surface area contributed by atoms with Gasteiger partial charge in [0.25, 0.3) is 0 Å². The van der Waals surface area contributed by atoms with E-state index in [1.807, 2.05) is 0 Å². The summed E-state index contributed by atoms with van der Waals surface area (Å²) in [5.74, 6) is 0.218. The summed E-state index contributed by atoms with van der Waals surface area (Å²) in [7, 11) is -0.210. The molecule has 1 saturated heterocycles. The van der Waals surface area contributed by atoms with Gasteiger partial charge in [-0.3, -0.25) is 0 Å². The van der Waals surface area contributed by atoms with Crippen molar-refractivity contribution in [1.82, 2.24) is 0 Å².